The van der Waals surface area contributed by atoms with Crippen molar-refractivity contribution in [2.24, 2.45) is 0 Å². The molecule has 0 saturated heterocycles. The van der Waals surface area contributed by atoms with E-state index < -0.39 is 8.80 Å². The number of rotatable bonds is 8. The van der Waals surface area contributed by atoms with Gasteiger partial charge in [-0.3, -0.25) is 0 Å². The van der Waals surface area contributed by atoms with Crippen LogP contribution in [0.2, 0.25) is 0 Å². The van der Waals surface area contributed by atoms with Crippen LogP contribution in [0.4, 0.5) is 0 Å². The molecule has 0 aliphatic carbocycles. The molecule has 0 radical (unpaired) electrons. The van der Waals surface area contributed by atoms with Gasteiger partial charge in [-0.1, -0.05) is 24.3 Å². The predicted molar refractivity (Wildman–Crippen MR) is 90.1 cm³/mol. The van der Waals surface area contributed by atoms with Gasteiger partial charge in [0.1, 0.15) is 0 Å². The van der Waals surface area contributed by atoms with E-state index in [0.717, 1.165) is 10.8 Å². The van der Waals surface area contributed by atoms with Gasteiger partial charge in [0.25, 0.3) is 0 Å². The molecule has 21 heavy (non-hydrogen) atoms. The maximum absolute atomic E-state index is 6.18. The fourth-order valence-corrected chi connectivity index (χ4v) is 5.21. The molecule has 0 aliphatic heterocycles. The molecule has 0 heterocycles. The molecular weight excluding hydrogens is 304 g/mol. The third-order valence-corrected chi connectivity index (χ3v) is 6.33. The summed E-state index contributed by atoms with van der Waals surface area (Å²) >= 11 is 5.86. The standard InChI is InChI=1S/C16H27ClO3Si/c1-12(2)18-21(19-13(3)4,20-14(5)6)16-9-7-15(11-17)8-10-16/h7-10,12-14H,11H2,1-6H3. The smallest absolute Gasteiger partial charge is 0.367 e. The van der Waals surface area contributed by atoms with E-state index in [-0.39, 0.29) is 18.3 Å². The second kappa shape index (κ2) is 8.29. The zero-order chi connectivity index (χ0) is 16.0. The van der Waals surface area contributed by atoms with Crippen molar-refractivity contribution in [1.29, 1.82) is 0 Å². The Bertz CT molecular complexity index is 392. The molecule has 1 aromatic carbocycles. The molecule has 0 unspecified atom stereocenters. The zero-order valence-electron chi connectivity index (χ0n) is 13.9. The van der Waals surface area contributed by atoms with Crippen LogP contribution in [0.1, 0.15) is 47.1 Å². The van der Waals surface area contributed by atoms with Crippen LogP contribution >= 0.6 is 11.6 Å². The second-order valence-corrected chi connectivity index (χ2v) is 8.55. The Morgan fingerprint density at radius 2 is 1.19 bits per heavy atom. The number of alkyl halides is 1. The van der Waals surface area contributed by atoms with Crippen molar-refractivity contribution in [3.63, 3.8) is 0 Å². The van der Waals surface area contributed by atoms with Gasteiger partial charge in [-0.05, 0) is 47.1 Å². The van der Waals surface area contributed by atoms with Crippen LogP contribution in [0.3, 0.4) is 0 Å². The van der Waals surface area contributed by atoms with Gasteiger partial charge in [-0.25, -0.2) is 0 Å². The Labute approximate surface area is 134 Å². The number of benzene rings is 1. The highest BCUT2D eigenvalue weighted by molar-refractivity contribution is 6.75. The monoisotopic (exact) mass is 330 g/mol. The van der Waals surface area contributed by atoms with E-state index in [1.807, 2.05) is 65.8 Å². The Morgan fingerprint density at radius 1 is 0.810 bits per heavy atom. The molecule has 0 spiro atoms. The first-order chi connectivity index (χ1) is 9.79. The number of hydrogen-bond donors (Lipinski definition) is 0. The summed E-state index contributed by atoms with van der Waals surface area (Å²) in [6.07, 6.45) is 0.0885. The van der Waals surface area contributed by atoms with Gasteiger partial charge in [0, 0.05) is 29.4 Å². The molecule has 120 valence electrons. The Balaban J connectivity index is 3.22. The lowest BCUT2D eigenvalue weighted by molar-refractivity contribution is 0.0153. The molecule has 0 bridgehead atoms. The Morgan fingerprint density at radius 3 is 1.48 bits per heavy atom. The summed E-state index contributed by atoms with van der Waals surface area (Å²) in [6, 6.07) is 8.02. The SMILES string of the molecule is CC(C)O[Si](OC(C)C)(OC(C)C)c1ccc(CCl)cc1. The van der Waals surface area contributed by atoms with Crippen LogP contribution in [-0.2, 0) is 19.2 Å². The Hall–Kier alpha value is -0.393. The molecule has 0 aliphatic rings. The maximum Gasteiger partial charge on any atom is 0.537 e. The van der Waals surface area contributed by atoms with Gasteiger partial charge in [0.2, 0.25) is 0 Å². The van der Waals surface area contributed by atoms with E-state index in [1.165, 1.54) is 0 Å². The summed E-state index contributed by atoms with van der Waals surface area (Å²) in [4.78, 5) is 0. The van der Waals surface area contributed by atoms with Crippen LogP contribution in [0.15, 0.2) is 24.3 Å². The molecule has 1 aromatic rings. The highest BCUT2D eigenvalue weighted by Gasteiger charge is 2.46. The predicted octanol–water partition coefficient (Wildman–Crippen LogP) is 3.85. The van der Waals surface area contributed by atoms with Crippen molar-refractivity contribution in [1.82, 2.24) is 0 Å². The van der Waals surface area contributed by atoms with Crippen LogP contribution in [-0.4, -0.2) is 27.1 Å². The minimum Gasteiger partial charge on any atom is -0.367 e. The first-order valence-corrected chi connectivity index (χ1v) is 9.74. The van der Waals surface area contributed by atoms with Crippen LogP contribution in [0.5, 0.6) is 0 Å². The third kappa shape index (κ3) is 5.72. The molecule has 0 aromatic heterocycles. The van der Waals surface area contributed by atoms with Gasteiger partial charge < -0.3 is 13.3 Å². The summed E-state index contributed by atoms with van der Waals surface area (Å²) in [6.45, 7) is 12.0. The molecule has 0 amide bonds. The largest absolute Gasteiger partial charge is 0.537 e. The van der Waals surface area contributed by atoms with Gasteiger partial charge in [0.15, 0.2) is 0 Å². The second-order valence-electron chi connectivity index (χ2n) is 5.89. The van der Waals surface area contributed by atoms with Crippen molar-refractivity contribution in [2.75, 3.05) is 0 Å². The molecule has 1 rings (SSSR count). The van der Waals surface area contributed by atoms with Gasteiger partial charge >= 0.3 is 8.80 Å². The summed E-state index contributed by atoms with van der Waals surface area (Å²) in [5.74, 6) is 0.496. The summed E-state index contributed by atoms with van der Waals surface area (Å²) in [5.41, 5.74) is 1.07. The summed E-state index contributed by atoms with van der Waals surface area (Å²) in [7, 11) is -2.94. The lowest BCUT2D eigenvalue weighted by atomic mass is 10.2. The first kappa shape index (κ1) is 18.7. The van der Waals surface area contributed by atoms with Crippen molar-refractivity contribution >= 4 is 25.6 Å². The summed E-state index contributed by atoms with van der Waals surface area (Å²) in [5, 5.41) is 0.979. The number of halogens is 1. The minimum atomic E-state index is -2.94. The van der Waals surface area contributed by atoms with Crippen LogP contribution in [0.25, 0.3) is 0 Å². The molecule has 5 heteroatoms. The number of hydrogen-bond acceptors (Lipinski definition) is 3. The van der Waals surface area contributed by atoms with Gasteiger partial charge in [0.05, 0.1) is 0 Å². The van der Waals surface area contributed by atoms with Crippen molar-refractivity contribution in [2.45, 2.75) is 65.7 Å². The fourth-order valence-electron chi connectivity index (χ4n) is 2.02. The maximum atomic E-state index is 6.18. The van der Waals surface area contributed by atoms with Crippen LogP contribution in [0, 0.1) is 0 Å². The van der Waals surface area contributed by atoms with Crippen LogP contribution < -0.4 is 5.19 Å². The average Bonchev–Trinajstić information content (AvgIpc) is 2.36. The third-order valence-electron chi connectivity index (χ3n) is 2.63. The highest BCUT2D eigenvalue weighted by Crippen LogP contribution is 2.18. The lowest BCUT2D eigenvalue weighted by Gasteiger charge is -2.34. The van der Waals surface area contributed by atoms with Gasteiger partial charge in [-0.2, -0.15) is 0 Å². The van der Waals surface area contributed by atoms with E-state index in [0.29, 0.717) is 5.88 Å². The lowest BCUT2D eigenvalue weighted by Crippen LogP contribution is -2.60. The van der Waals surface area contributed by atoms with E-state index in [4.69, 9.17) is 24.9 Å². The first-order valence-electron chi connectivity index (χ1n) is 7.48. The van der Waals surface area contributed by atoms with E-state index in [2.05, 4.69) is 0 Å². The van der Waals surface area contributed by atoms with E-state index in [9.17, 15) is 0 Å². The van der Waals surface area contributed by atoms with Gasteiger partial charge in [-0.15, -0.1) is 11.6 Å². The minimum absolute atomic E-state index is 0.0295. The van der Waals surface area contributed by atoms with E-state index in [1.54, 1.807) is 0 Å². The van der Waals surface area contributed by atoms with Crippen molar-refractivity contribution < 1.29 is 13.3 Å². The molecule has 0 N–H and O–H groups in total. The molecule has 0 saturated carbocycles. The zero-order valence-corrected chi connectivity index (χ0v) is 15.6. The fraction of sp³-hybridized carbons (Fsp3) is 0.625. The molecular formula is C16H27ClO3Si. The van der Waals surface area contributed by atoms with E-state index >= 15 is 0 Å². The highest BCUT2D eigenvalue weighted by atomic mass is 35.5. The average molecular weight is 331 g/mol. The Kier molecular flexibility index (Phi) is 7.37. The normalized spacial score (nSPS) is 12.7. The molecule has 3 nitrogen and oxygen atoms in total. The summed E-state index contributed by atoms with van der Waals surface area (Å²) < 4.78 is 18.5. The molecule has 0 fully saturated rings. The quantitative estimate of drug-likeness (QED) is 0.535. The van der Waals surface area contributed by atoms with Crippen molar-refractivity contribution in [3.05, 3.63) is 29.8 Å². The van der Waals surface area contributed by atoms with Crippen molar-refractivity contribution in [3.8, 4) is 0 Å². The molecule has 0 atom stereocenters. The topological polar surface area (TPSA) is 27.7 Å².